The fourth-order valence-corrected chi connectivity index (χ4v) is 7.27. The number of hydrogen-bond donors (Lipinski definition) is 3. The summed E-state index contributed by atoms with van der Waals surface area (Å²) in [5.41, 5.74) is -5.63. The number of aliphatic carboxylic acids is 1. The van der Waals surface area contributed by atoms with Gasteiger partial charge in [-0.15, -0.1) is 0 Å². The van der Waals surface area contributed by atoms with Gasteiger partial charge in [0.15, 0.2) is 6.10 Å². The standard InChI is InChI=1S/C42H60O14/c1-10-26(5)23-27(6)17-18-32(44)54-35-34(45)40(21-19-28(7)33(53-30(9)43)29(8)24-31-15-13-12-14-16-31)55-36(37(46)52-22-20-25(3)4)41(50,39(49)51-11-2)42(35,56-40)38(47)48/h12-18,25-27,29,33-36,45,50H,7,10-11,19-24H2,1-6,8-9H3,(H,47,48)/b18-17+/t26-,27+,29+,33+,34+,35+,36?,40?,41?,42?/m0/s1. The summed E-state index contributed by atoms with van der Waals surface area (Å²) < 4.78 is 33.9. The summed E-state index contributed by atoms with van der Waals surface area (Å²) in [6.07, 6.45) is -3.39. The van der Waals surface area contributed by atoms with E-state index in [1.54, 1.807) is 6.08 Å². The number of allylic oxidation sites excluding steroid dienone is 1. The van der Waals surface area contributed by atoms with E-state index >= 15 is 0 Å². The minimum Gasteiger partial charge on any atom is -0.479 e. The van der Waals surface area contributed by atoms with Gasteiger partial charge >= 0.3 is 29.8 Å². The molecule has 0 saturated carbocycles. The maximum absolute atomic E-state index is 13.8. The van der Waals surface area contributed by atoms with Crippen LogP contribution in [0.2, 0.25) is 0 Å². The molecule has 2 bridgehead atoms. The van der Waals surface area contributed by atoms with E-state index in [0.717, 1.165) is 24.5 Å². The van der Waals surface area contributed by atoms with Crippen molar-refractivity contribution in [3.8, 4) is 0 Å². The van der Waals surface area contributed by atoms with Crippen molar-refractivity contribution in [2.45, 2.75) is 135 Å². The third-order valence-corrected chi connectivity index (χ3v) is 10.5. The topological polar surface area (TPSA) is 201 Å². The van der Waals surface area contributed by atoms with Gasteiger partial charge in [-0.3, -0.25) is 4.79 Å². The first-order valence-corrected chi connectivity index (χ1v) is 19.4. The number of ether oxygens (including phenoxy) is 6. The van der Waals surface area contributed by atoms with Crippen LogP contribution in [-0.4, -0.2) is 99.8 Å². The molecule has 0 spiro atoms. The van der Waals surface area contributed by atoms with Crippen LogP contribution < -0.4 is 0 Å². The van der Waals surface area contributed by atoms with E-state index in [4.69, 9.17) is 28.4 Å². The average Bonchev–Trinajstić information content (AvgIpc) is 3.35. The second-order valence-electron chi connectivity index (χ2n) is 15.5. The maximum atomic E-state index is 13.8. The third kappa shape index (κ3) is 10.2. The second-order valence-corrected chi connectivity index (χ2v) is 15.5. The molecule has 14 heteroatoms. The highest BCUT2D eigenvalue weighted by molar-refractivity contribution is 5.99. The Kier molecular flexibility index (Phi) is 16.4. The third-order valence-electron chi connectivity index (χ3n) is 10.5. The number of aliphatic hydroxyl groups is 2. The van der Waals surface area contributed by atoms with Crippen LogP contribution in [0.5, 0.6) is 0 Å². The summed E-state index contributed by atoms with van der Waals surface area (Å²) in [5, 5.41) is 35.4. The van der Waals surface area contributed by atoms with Crippen LogP contribution in [0.15, 0.2) is 54.6 Å². The number of benzene rings is 1. The van der Waals surface area contributed by atoms with Crippen LogP contribution in [0.3, 0.4) is 0 Å². The summed E-state index contributed by atoms with van der Waals surface area (Å²) in [7, 11) is 0. The number of carbonyl (C=O) groups is 5. The Morgan fingerprint density at radius 1 is 1.02 bits per heavy atom. The molecule has 2 aliphatic heterocycles. The lowest BCUT2D eigenvalue weighted by atomic mass is 9.74. The Hall–Kier alpha value is -4.11. The Morgan fingerprint density at radius 3 is 2.25 bits per heavy atom. The summed E-state index contributed by atoms with van der Waals surface area (Å²) in [6.45, 7) is 17.8. The normalized spacial score (nSPS) is 27.9. The Bertz CT molecular complexity index is 1570. The Labute approximate surface area is 329 Å². The van der Waals surface area contributed by atoms with Crippen molar-refractivity contribution >= 4 is 29.8 Å². The molecule has 14 nitrogen and oxygen atoms in total. The molecular formula is C42H60O14. The second kappa shape index (κ2) is 19.8. The van der Waals surface area contributed by atoms with Crippen molar-refractivity contribution in [2.24, 2.45) is 23.7 Å². The van der Waals surface area contributed by atoms with E-state index in [1.165, 1.54) is 13.8 Å². The number of carbonyl (C=O) groups excluding carboxylic acids is 4. The van der Waals surface area contributed by atoms with Gasteiger partial charge in [0.2, 0.25) is 23.1 Å². The van der Waals surface area contributed by atoms with Crippen LogP contribution in [0.4, 0.5) is 0 Å². The molecule has 4 unspecified atom stereocenters. The van der Waals surface area contributed by atoms with Crippen LogP contribution in [0.25, 0.3) is 0 Å². The number of esters is 4. The van der Waals surface area contributed by atoms with Gasteiger partial charge in [-0.05, 0) is 61.5 Å². The van der Waals surface area contributed by atoms with Crippen molar-refractivity contribution in [2.75, 3.05) is 13.2 Å². The van der Waals surface area contributed by atoms with Gasteiger partial charge in [-0.2, -0.15) is 0 Å². The minimum atomic E-state index is -3.55. The molecule has 2 heterocycles. The first-order chi connectivity index (χ1) is 26.3. The SMILES string of the molecule is C=C(CCC12OC(C(=O)OCCC(C)C)C(O)(C(=O)OCC)C(C(=O)O)(O1)[C@H](OC(=O)/C=C/[C@@H](C)C[C@@H](C)CC)[C@H]2O)[C@@H](OC(C)=O)[C@H](C)Cc1ccccc1. The van der Waals surface area contributed by atoms with Gasteiger partial charge in [0.1, 0.15) is 12.2 Å². The summed E-state index contributed by atoms with van der Waals surface area (Å²) in [4.78, 5) is 66.9. The van der Waals surface area contributed by atoms with Crippen molar-refractivity contribution in [1.82, 2.24) is 0 Å². The highest BCUT2D eigenvalue weighted by Crippen LogP contribution is 2.56. The fourth-order valence-electron chi connectivity index (χ4n) is 7.27. The first-order valence-electron chi connectivity index (χ1n) is 19.4. The fraction of sp³-hybridized carbons (Fsp3) is 0.643. The van der Waals surface area contributed by atoms with E-state index in [2.05, 4.69) is 13.5 Å². The molecule has 1 aromatic carbocycles. The van der Waals surface area contributed by atoms with Gasteiger partial charge in [0, 0.05) is 25.3 Å². The predicted octanol–water partition coefficient (Wildman–Crippen LogP) is 4.87. The molecule has 10 atom stereocenters. The molecule has 0 amide bonds. The number of carboxylic acid groups (broad SMARTS) is 1. The van der Waals surface area contributed by atoms with Gasteiger partial charge in [-0.1, -0.05) is 91.0 Å². The van der Waals surface area contributed by atoms with Crippen molar-refractivity contribution in [1.29, 1.82) is 0 Å². The van der Waals surface area contributed by atoms with E-state index in [9.17, 15) is 39.3 Å². The van der Waals surface area contributed by atoms with Crippen molar-refractivity contribution in [3.63, 3.8) is 0 Å². The molecule has 56 heavy (non-hydrogen) atoms. The highest BCUT2D eigenvalue weighted by atomic mass is 16.8. The van der Waals surface area contributed by atoms with Crippen molar-refractivity contribution in [3.05, 3.63) is 60.2 Å². The van der Waals surface area contributed by atoms with E-state index in [0.29, 0.717) is 24.3 Å². The maximum Gasteiger partial charge on any atom is 0.345 e. The molecule has 0 aromatic heterocycles. The minimum absolute atomic E-state index is 0.0715. The molecule has 3 rings (SSSR count). The lowest BCUT2D eigenvalue weighted by Gasteiger charge is -2.49. The number of hydrogen-bond acceptors (Lipinski definition) is 13. The first kappa shape index (κ1) is 46.3. The number of carboxylic acids is 1. The monoisotopic (exact) mass is 788 g/mol. The van der Waals surface area contributed by atoms with Gasteiger partial charge < -0.3 is 43.7 Å². The Morgan fingerprint density at radius 2 is 1.68 bits per heavy atom. The summed E-state index contributed by atoms with van der Waals surface area (Å²) in [6, 6.07) is 9.45. The smallest absolute Gasteiger partial charge is 0.345 e. The van der Waals surface area contributed by atoms with Gasteiger partial charge in [0.05, 0.1) is 13.2 Å². The number of aliphatic hydroxyl groups excluding tert-OH is 1. The van der Waals surface area contributed by atoms with Crippen molar-refractivity contribution < 1.29 is 67.7 Å². The largest absolute Gasteiger partial charge is 0.479 e. The van der Waals surface area contributed by atoms with E-state index in [1.807, 2.05) is 65.0 Å². The lowest BCUT2D eigenvalue weighted by molar-refractivity contribution is -0.375. The number of rotatable bonds is 21. The average molecular weight is 789 g/mol. The summed E-state index contributed by atoms with van der Waals surface area (Å²) >= 11 is 0. The number of fused-ring (bicyclic) bond motifs is 2. The quantitative estimate of drug-likeness (QED) is 0.0660. The van der Waals surface area contributed by atoms with Gasteiger partial charge in [-0.25, -0.2) is 19.2 Å². The summed E-state index contributed by atoms with van der Waals surface area (Å²) in [5.74, 6) is -9.27. The molecule has 2 fully saturated rings. The molecule has 3 N–H and O–H groups in total. The van der Waals surface area contributed by atoms with Crippen LogP contribution in [0.1, 0.15) is 93.1 Å². The molecule has 2 saturated heterocycles. The molecule has 2 aliphatic rings. The van der Waals surface area contributed by atoms with E-state index < -0.39 is 77.7 Å². The lowest BCUT2D eigenvalue weighted by Crippen LogP contribution is -2.78. The Balaban J connectivity index is 2.13. The molecule has 0 radical (unpaired) electrons. The zero-order valence-corrected chi connectivity index (χ0v) is 33.9. The van der Waals surface area contributed by atoms with Crippen LogP contribution >= 0.6 is 0 Å². The van der Waals surface area contributed by atoms with E-state index in [-0.39, 0.29) is 37.4 Å². The van der Waals surface area contributed by atoms with Crippen LogP contribution in [0, 0.1) is 23.7 Å². The zero-order valence-electron chi connectivity index (χ0n) is 33.9. The van der Waals surface area contributed by atoms with Crippen LogP contribution in [-0.2, 0) is 58.8 Å². The highest BCUT2D eigenvalue weighted by Gasteiger charge is 2.86. The molecule has 0 aliphatic carbocycles. The van der Waals surface area contributed by atoms with Gasteiger partial charge in [0.25, 0.3) is 0 Å². The molecular weight excluding hydrogens is 728 g/mol. The molecule has 1 aromatic rings. The predicted molar refractivity (Wildman–Crippen MR) is 203 cm³/mol. The molecule has 312 valence electrons. The zero-order chi connectivity index (χ0) is 42.0.